The number of fused-ring (bicyclic) bond motifs is 2. The second-order valence-electron chi connectivity index (χ2n) is 12.2. The van der Waals surface area contributed by atoms with Crippen LogP contribution in [-0.4, -0.2) is 6.88 Å². The molecular weight excluding hydrogens is 575 g/mol. The Hall–Kier alpha value is -1.18. The summed E-state index contributed by atoms with van der Waals surface area (Å²) in [6.07, 6.45) is 5.08. The van der Waals surface area contributed by atoms with E-state index >= 15 is 0 Å². The van der Waals surface area contributed by atoms with Gasteiger partial charge in [-0.05, 0) is 0 Å². The van der Waals surface area contributed by atoms with Gasteiger partial charge in [0.1, 0.15) is 0 Å². The molecule has 0 bridgehead atoms. The monoisotopic (exact) mass is 612 g/mol. The van der Waals surface area contributed by atoms with Gasteiger partial charge in [0.2, 0.25) is 0 Å². The fourth-order valence-corrected chi connectivity index (χ4v) is 27.8. The van der Waals surface area contributed by atoms with Gasteiger partial charge in [0, 0.05) is 0 Å². The first-order valence-corrected chi connectivity index (χ1v) is 26.4. The van der Waals surface area contributed by atoms with Crippen LogP contribution in [0.1, 0.15) is 61.4 Å². The molecular formula is C32H40Cl2SiZr. The summed E-state index contributed by atoms with van der Waals surface area (Å²) in [4.78, 5) is 0. The number of hydrogen-bond donors (Lipinski definition) is 0. The minimum absolute atomic E-state index is 0. The molecule has 0 aliphatic heterocycles. The topological polar surface area (TPSA) is 0 Å². The Morgan fingerprint density at radius 1 is 0.806 bits per heavy atom. The van der Waals surface area contributed by atoms with Crippen LogP contribution in [0, 0.1) is 19.8 Å². The van der Waals surface area contributed by atoms with Gasteiger partial charge in [-0.3, -0.25) is 0 Å². The zero-order chi connectivity index (χ0) is 24.4. The molecule has 0 spiro atoms. The van der Waals surface area contributed by atoms with Crippen molar-refractivity contribution in [2.75, 3.05) is 0 Å². The Morgan fingerprint density at radius 2 is 1.47 bits per heavy atom. The van der Waals surface area contributed by atoms with Crippen molar-refractivity contribution < 1.29 is 17.4 Å². The van der Waals surface area contributed by atoms with Crippen molar-refractivity contribution in [3.63, 3.8) is 0 Å². The molecule has 3 aromatic rings. The van der Waals surface area contributed by atoms with Crippen LogP contribution in [0.4, 0.5) is 0 Å². The van der Waals surface area contributed by atoms with E-state index in [0.29, 0.717) is 13.2 Å². The van der Waals surface area contributed by atoms with Crippen molar-refractivity contribution in [3.8, 4) is 11.1 Å². The van der Waals surface area contributed by atoms with Crippen molar-refractivity contribution in [1.82, 2.24) is 0 Å². The molecule has 2 unspecified atom stereocenters. The zero-order valence-corrected chi connectivity index (χ0v) is 28.2. The number of benzene rings is 3. The summed E-state index contributed by atoms with van der Waals surface area (Å²) < 4.78 is 6.67. The molecule has 0 amide bonds. The Morgan fingerprint density at radius 3 is 2.11 bits per heavy atom. The molecule has 0 saturated carbocycles. The zero-order valence-electron chi connectivity index (χ0n) is 22.7. The molecule has 5 rings (SSSR count). The molecule has 4 heteroatoms. The molecule has 3 aromatic carbocycles. The number of rotatable bonds is 4. The van der Waals surface area contributed by atoms with Gasteiger partial charge < -0.3 is 0 Å². The van der Waals surface area contributed by atoms with Gasteiger partial charge in [-0.1, -0.05) is 0 Å². The van der Waals surface area contributed by atoms with Crippen molar-refractivity contribution in [1.29, 1.82) is 0 Å². The van der Waals surface area contributed by atoms with Gasteiger partial charge in [-0.2, -0.15) is 0 Å². The molecule has 2 aliphatic carbocycles. The normalized spacial score (nSPS) is 18.6. The number of aryl methyl sites for hydroxylation is 2. The van der Waals surface area contributed by atoms with Crippen LogP contribution >= 0.6 is 24.8 Å². The molecule has 190 valence electrons. The first-order chi connectivity index (χ1) is 16.0. The third kappa shape index (κ3) is 4.62. The smallest absolute Gasteiger partial charge is 0.147 e. The van der Waals surface area contributed by atoms with Gasteiger partial charge >= 0.3 is 210 Å². The predicted molar refractivity (Wildman–Crippen MR) is 165 cm³/mol. The summed E-state index contributed by atoms with van der Waals surface area (Å²) in [7, 11) is 0. The number of halogens is 2. The summed E-state index contributed by atoms with van der Waals surface area (Å²) in [5.74, 6) is 0.567. The standard InChI is InChI=1S/C17H15.C13H15.2CH3.2ClH.H2Si.Zr/c1-12-10-16-13(2)8-9-15(17(16)11-12)14-6-4-3-5-7-14;1-9(2)12-7-11-5-4-10(3)6-13(11)8-12;;;;;;/h3-11H,1-2H3;4-9H,1-3H3;2*1H3;2*1H;1H2;. The van der Waals surface area contributed by atoms with Crippen molar-refractivity contribution in [2.24, 2.45) is 5.92 Å². The maximum atomic E-state index is 2.75. The van der Waals surface area contributed by atoms with Crippen LogP contribution < -0.4 is 0 Å². The SMILES string of the molecule is CC1=Cc2c(-c3ccccc3)ccc(C)c2[CH]1[Zr]([CH3])([CH3])(=[SiH2])[CH]1C(C(C)C)=Cc2ccc(C)cc21.Cl.Cl. The van der Waals surface area contributed by atoms with Crippen LogP contribution in [-0.2, 0) is 17.4 Å². The maximum absolute atomic E-state index is 3.49. The third-order valence-corrected chi connectivity index (χ3v) is 26.0. The predicted octanol–water partition coefficient (Wildman–Crippen LogP) is 9.40. The summed E-state index contributed by atoms with van der Waals surface area (Å²) >= 11 is -3.49. The Kier molecular flexibility index (Phi) is 8.31. The third-order valence-electron chi connectivity index (χ3n) is 8.48. The molecule has 0 saturated heterocycles. The molecule has 2 aliphatic rings. The summed E-state index contributed by atoms with van der Waals surface area (Å²) in [6, 6.07) is 22.8. The first-order valence-electron chi connectivity index (χ1n) is 12.7. The van der Waals surface area contributed by atoms with E-state index in [1.807, 2.05) is 0 Å². The Labute approximate surface area is 233 Å². The molecule has 0 radical (unpaired) electrons. The van der Waals surface area contributed by atoms with E-state index in [2.05, 4.69) is 124 Å². The molecule has 0 aromatic heterocycles. The van der Waals surface area contributed by atoms with E-state index in [1.54, 1.807) is 22.3 Å². The van der Waals surface area contributed by atoms with Crippen molar-refractivity contribution >= 4 is 43.8 Å². The van der Waals surface area contributed by atoms with Gasteiger partial charge in [0.05, 0.1) is 0 Å². The average Bonchev–Trinajstić information content (AvgIpc) is 3.34. The fourth-order valence-electron chi connectivity index (χ4n) is 7.16. The minimum Gasteiger partial charge on any atom is -0.147 e. The molecule has 0 heterocycles. The van der Waals surface area contributed by atoms with Gasteiger partial charge in [-0.25, -0.2) is 0 Å². The van der Waals surface area contributed by atoms with E-state index in [9.17, 15) is 0 Å². The summed E-state index contributed by atoms with van der Waals surface area (Å²) in [5, 5.41) is 0. The van der Waals surface area contributed by atoms with Crippen LogP contribution in [0.25, 0.3) is 23.3 Å². The Bertz CT molecular complexity index is 1440. The van der Waals surface area contributed by atoms with Gasteiger partial charge in [0.25, 0.3) is 0 Å². The van der Waals surface area contributed by atoms with Crippen molar-refractivity contribution in [2.45, 2.75) is 51.1 Å². The molecule has 0 fully saturated rings. The number of allylic oxidation sites excluding steroid dienone is 2. The molecule has 0 nitrogen and oxygen atoms in total. The van der Waals surface area contributed by atoms with E-state index < -0.39 is 17.4 Å². The van der Waals surface area contributed by atoms with Crippen molar-refractivity contribution in [3.05, 3.63) is 105 Å². The second kappa shape index (κ2) is 10.2. The molecule has 0 N–H and O–H groups in total. The van der Waals surface area contributed by atoms with E-state index in [-0.39, 0.29) is 24.8 Å². The maximum Gasteiger partial charge on any atom is -0.147 e. The van der Waals surface area contributed by atoms with E-state index in [1.165, 1.54) is 33.4 Å². The van der Waals surface area contributed by atoms with Gasteiger partial charge in [0.15, 0.2) is 0 Å². The van der Waals surface area contributed by atoms with E-state index in [0.717, 1.165) is 0 Å². The minimum atomic E-state index is -3.49. The van der Waals surface area contributed by atoms with E-state index in [4.69, 9.17) is 0 Å². The van der Waals surface area contributed by atoms with Crippen LogP contribution in [0.2, 0.25) is 9.26 Å². The first kappa shape index (κ1) is 29.4. The molecule has 36 heavy (non-hydrogen) atoms. The number of hydrogen-bond acceptors (Lipinski definition) is 0. The fraction of sp³-hybridized carbons (Fsp3) is 0.312. The second-order valence-corrected chi connectivity index (χ2v) is 42.7. The van der Waals surface area contributed by atoms with Crippen LogP contribution in [0.3, 0.4) is 0 Å². The quantitative estimate of drug-likeness (QED) is 0.257. The summed E-state index contributed by atoms with van der Waals surface area (Å²) in [6.45, 7) is 14.3. The molecule has 2 atom stereocenters. The Balaban J connectivity index is 0.00000180. The largest absolute Gasteiger partial charge is 0.147 e. The van der Waals surface area contributed by atoms with Crippen LogP contribution in [0.15, 0.2) is 71.8 Å². The van der Waals surface area contributed by atoms with Crippen LogP contribution in [0.5, 0.6) is 0 Å². The summed E-state index contributed by atoms with van der Waals surface area (Å²) in [5.41, 5.74) is 15.0. The average molecular weight is 615 g/mol. The van der Waals surface area contributed by atoms with Gasteiger partial charge in [-0.15, -0.1) is 24.8 Å².